The van der Waals surface area contributed by atoms with Crippen molar-refractivity contribution in [3.63, 3.8) is 0 Å². The third-order valence-electron chi connectivity index (χ3n) is 3.46. The van der Waals surface area contributed by atoms with Crippen LogP contribution in [0.2, 0.25) is 0 Å². The number of ether oxygens (including phenoxy) is 1. The van der Waals surface area contributed by atoms with Crippen molar-refractivity contribution in [3.05, 3.63) is 46.5 Å². The van der Waals surface area contributed by atoms with Crippen molar-refractivity contribution in [2.24, 2.45) is 0 Å². The summed E-state index contributed by atoms with van der Waals surface area (Å²) in [5.74, 6) is 0.687. The van der Waals surface area contributed by atoms with Gasteiger partial charge in [-0.3, -0.25) is 4.79 Å². The third kappa shape index (κ3) is 2.34. The first-order valence-electron chi connectivity index (χ1n) is 6.53. The summed E-state index contributed by atoms with van der Waals surface area (Å²) in [6.45, 7) is 3.68. The highest BCUT2D eigenvalue weighted by atomic mass is 16.5. The van der Waals surface area contributed by atoms with Crippen molar-refractivity contribution < 1.29 is 9.26 Å². The summed E-state index contributed by atoms with van der Waals surface area (Å²) in [5, 5.41) is 5.36. The zero-order chi connectivity index (χ0) is 15.0. The predicted octanol–water partition coefficient (Wildman–Crippen LogP) is 2.46. The fourth-order valence-corrected chi connectivity index (χ4v) is 1.99. The molecule has 0 atom stereocenters. The van der Waals surface area contributed by atoms with Crippen molar-refractivity contribution in [3.8, 4) is 11.6 Å². The zero-order valence-electron chi connectivity index (χ0n) is 12.0. The minimum atomic E-state index is -0.654. The molecule has 3 aromatic rings. The van der Waals surface area contributed by atoms with Crippen molar-refractivity contribution in [2.45, 2.75) is 19.4 Å². The Hall–Kier alpha value is -2.47. The van der Waals surface area contributed by atoms with Gasteiger partial charge in [-0.2, -0.15) is 4.98 Å². The fraction of sp³-hybridized carbons (Fsp3) is 0.267. The van der Waals surface area contributed by atoms with Crippen LogP contribution in [0.25, 0.3) is 22.4 Å². The van der Waals surface area contributed by atoms with Crippen molar-refractivity contribution in [2.75, 3.05) is 7.11 Å². The van der Waals surface area contributed by atoms with Gasteiger partial charge in [-0.1, -0.05) is 23.4 Å². The Kier molecular flexibility index (Phi) is 3.10. The number of fused-ring (bicyclic) bond motifs is 1. The molecule has 6 heteroatoms. The van der Waals surface area contributed by atoms with Gasteiger partial charge in [-0.25, -0.2) is 0 Å². The van der Waals surface area contributed by atoms with E-state index in [9.17, 15) is 4.79 Å². The lowest BCUT2D eigenvalue weighted by Gasteiger charge is -2.17. The fourth-order valence-electron chi connectivity index (χ4n) is 1.99. The third-order valence-corrected chi connectivity index (χ3v) is 3.46. The molecule has 0 spiro atoms. The number of hydrogen-bond donors (Lipinski definition) is 1. The second kappa shape index (κ2) is 4.82. The maximum atomic E-state index is 12.1. The number of H-pyrrole nitrogens is 1. The molecule has 0 bridgehead atoms. The molecule has 0 aliphatic rings. The van der Waals surface area contributed by atoms with Gasteiger partial charge >= 0.3 is 0 Å². The quantitative estimate of drug-likeness (QED) is 0.799. The van der Waals surface area contributed by atoms with Crippen LogP contribution < -0.4 is 5.56 Å². The first-order chi connectivity index (χ1) is 10.0. The number of hydrogen-bond acceptors (Lipinski definition) is 5. The van der Waals surface area contributed by atoms with E-state index in [1.807, 2.05) is 38.1 Å². The summed E-state index contributed by atoms with van der Waals surface area (Å²) in [6.07, 6.45) is 0. The van der Waals surface area contributed by atoms with Crippen molar-refractivity contribution >= 4 is 10.8 Å². The molecular weight excluding hydrogens is 270 g/mol. The van der Waals surface area contributed by atoms with Gasteiger partial charge in [0.1, 0.15) is 11.3 Å². The summed E-state index contributed by atoms with van der Waals surface area (Å²) < 4.78 is 10.5. The molecule has 0 saturated carbocycles. The predicted molar refractivity (Wildman–Crippen MR) is 77.9 cm³/mol. The van der Waals surface area contributed by atoms with E-state index in [2.05, 4.69) is 15.1 Å². The molecule has 0 radical (unpaired) electrons. The highest BCUT2D eigenvalue weighted by molar-refractivity contribution is 5.84. The van der Waals surface area contributed by atoms with E-state index in [4.69, 9.17) is 9.26 Å². The molecule has 2 aromatic heterocycles. The molecule has 2 heterocycles. The number of nitrogens with zero attached hydrogens (tertiary/aromatic N) is 2. The van der Waals surface area contributed by atoms with Crippen molar-refractivity contribution in [1.29, 1.82) is 0 Å². The molecule has 0 saturated heterocycles. The zero-order valence-corrected chi connectivity index (χ0v) is 12.0. The molecule has 108 valence electrons. The molecule has 21 heavy (non-hydrogen) atoms. The highest BCUT2D eigenvalue weighted by Gasteiger charge is 2.26. The van der Waals surface area contributed by atoms with Crippen LogP contribution in [0.4, 0.5) is 0 Å². The lowest BCUT2D eigenvalue weighted by atomic mass is 10.1. The van der Waals surface area contributed by atoms with Gasteiger partial charge in [-0.05, 0) is 31.4 Å². The van der Waals surface area contributed by atoms with Crippen LogP contribution in [0.15, 0.2) is 39.6 Å². The van der Waals surface area contributed by atoms with Crippen LogP contribution in [0.5, 0.6) is 0 Å². The Balaban J connectivity index is 2.11. The lowest BCUT2D eigenvalue weighted by molar-refractivity contribution is 0.00973. The SMILES string of the molecule is COC(C)(C)c1noc(-c2cc3ccccc3c(=O)[nH]2)n1. The van der Waals surface area contributed by atoms with Gasteiger partial charge in [0.25, 0.3) is 11.4 Å². The van der Waals surface area contributed by atoms with E-state index in [0.717, 1.165) is 5.39 Å². The second-order valence-corrected chi connectivity index (χ2v) is 5.24. The van der Waals surface area contributed by atoms with Gasteiger partial charge in [0.2, 0.25) is 5.82 Å². The number of benzene rings is 1. The second-order valence-electron chi connectivity index (χ2n) is 5.24. The number of nitrogens with one attached hydrogen (secondary N) is 1. The van der Waals surface area contributed by atoms with Crippen LogP contribution in [0.3, 0.4) is 0 Å². The van der Waals surface area contributed by atoms with Gasteiger partial charge in [0.05, 0.1) is 0 Å². The number of rotatable bonds is 3. The first kappa shape index (κ1) is 13.5. The number of pyridine rings is 1. The summed E-state index contributed by atoms with van der Waals surface area (Å²) in [4.78, 5) is 19.1. The average molecular weight is 285 g/mol. The Labute approximate surface area is 120 Å². The van der Waals surface area contributed by atoms with Crippen molar-refractivity contribution in [1.82, 2.24) is 15.1 Å². The smallest absolute Gasteiger partial charge is 0.274 e. The molecule has 0 aliphatic heterocycles. The van der Waals surface area contributed by atoms with E-state index in [1.54, 1.807) is 13.2 Å². The molecule has 0 unspecified atom stereocenters. The number of methoxy groups -OCH3 is 1. The van der Waals surface area contributed by atoms with Gasteiger partial charge in [0, 0.05) is 12.5 Å². The van der Waals surface area contributed by atoms with E-state index < -0.39 is 5.60 Å². The standard InChI is InChI=1S/C15H15N3O3/c1-15(2,20-3)14-17-13(21-18-14)11-8-9-6-4-5-7-10(9)12(19)16-11/h4-8H,1-3H3,(H,16,19). The topological polar surface area (TPSA) is 81.0 Å². The summed E-state index contributed by atoms with van der Waals surface area (Å²) in [6, 6.07) is 9.14. The monoisotopic (exact) mass is 285 g/mol. The van der Waals surface area contributed by atoms with Crippen LogP contribution in [-0.4, -0.2) is 22.2 Å². The highest BCUT2D eigenvalue weighted by Crippen LogP contribution is 2.24. The summed E-state index contributed by atoms with van der Waals surface area (Å²) >= 11 is 0. The van der Waals surface area contributed by atoms with Gasteiger partial charge < -0.3 is 14.2 Å². The molecule has 3 rings (SSSR count). The van der Waals surface area contributed by atoms with E-state index in [-0.39, 0.29) is 11.4 Å². The van der Waals surface area contributed by atoms with E-state index in [0.29, 0.717) is 16.9 Å². The lowest BCUT2D eigenvalue weighted by Crippen LogP contribution is -2.21. The molecule has 1 N–H and O–H groups in total. The van der Waals surface area contributed by atoms with Crippen LogP contribution >= 0.6 is 0 Å². The number of aromatic nitrogens is 3. The van der Waals surface area contributed by atoms with Gasteiger partial charge in [0.15, 0.2) is 0 Å². The van der Waals surface area contributed by atoms with Crippen LogP contribution in [-0.2, 0) is 10.3 Å². The normalized spacial score (nSPS) is 12.0. The Morgan fingerprint density at radius 1 is 1.29 bits per heavy atom. The molecule has 6 nitrogen and oxygen atoms in total. The largest absolute Gasteiger partial charge is 0.371 e. The van der Waals surface area contributed by atoms with Crippen LogP contribution in [0.1, 0.15) is 19.7 Å². The minimum absolute atomic E-state index is 0.186. The summed E-state index contributed by atoms with van der Waals surface area (Å²) in [5.41, 5.74) is -0.350. The molecule has 0 aliphatic carbocycles. The Morgan fingerprint density at radius 2 is 2.05 bits per heavy atom. The Morgan fingerprint density at radius 3 is 2.81 bits per heavy atom. The molecule has 0 amide bonds. The maximum Gasteiger partial charge on any atom is 0.274 e. The molecule has 1 aromatic carbocycles. The first-order valence-corrected chi connectivity index (χ1v) is 6.53. The Bertz CT molecular complexity index is 848. The van der Waals surface area contributed by atoms with E-state index in [1.165, 1.54) is 0 Å². The molecule has 0 fully saturated rings. The van der Waals surface area contributed by atoms with E-state index >= 15 is 0 Å². The maximum absolute atomic E-state index is 12.1. The number of aromatic amines is 1. The molecular formula is C15H15N3O3. The van der Waals surface area contributed by atoms with Gasteiger partial charge in [-0.15, -0.1) is 0 Å². The minimum Gasteiger partial charge on any atom is -0.371 e. The summed E-state index contributed by atoms with van der Waals surface area (Å²) in [7, 11) is 1.58. The van der Waals surface area contributed by atoms with Crippen LogP contribution in [0, 0.1) is 0 Å². The average Bonchev–Trinajstić information content (AvgIpc) is 2.98.